The van der Waals surface area contributed by atoms with Crippen LogP contribution in [0.3, 0.4) is 0 Å². The first-order valence-electron chi connectivity index (χ1n) is 10.1. The number of hydrogen-bond donors (Lipinski definition) is 3. The summed E-state index contributed by atoms with van der Waals surface area (Å²) in [6.07, 6.45) is 1.79. The van der Waals surface area contributed by atoms with Gasteiger partial charge in [0, 0.05) is 37.1 Å². The van der Waals surface area contributed by atoms with Crippen molar-refractivity contribution in [2.24, 2.45) is 0 Å². The average Bonchev–Trinajstić information content (AvgIpc) is 3.12. The van der Waals surface area contributed by atoms with Gasteiger partial charge in [0.1, 0.15) is 12.1 Å². The number of aromatic nitrogens is 1. The zero-order valence-electron chi connectivity index (χ0n) is 18.2. The van der Waals surface area contributed by atoms with Crippen molar-refractivity contribution in [3.05, 3.63) is 35.5 Å². The molecule has 0 saturated carbocycles. The topological polar surface area (TPSA) is 135 Å². The highest BCUT2D eigenvalue weighted by Gasteiger charge is 2.28. The van der Waals surface area contributed by atoms with Crippen molar-refractivity contribution in [3.8, 4) is 0 Å². The quantitative estimate of drug-likeness (QED) is 0.218. The van der Waals surface area contributed by atoms with Crippen LogP contribution in [0.1, 0.15) is 37.8 Å². The summed E-state index contributed by atoms with van der Waals surface area (Å²) >= 11 is 0. The number of fused-ring (bicyclic) bond motifs is 1. The summed E-state index contributed by atoms with van der Waals surface area (Å²) in [5.74, 6) is -1.52. The van der Waals surface area contributed by atoms with Gasteiger partial charge in [-0.15, -0.1) is 0 Å². The Labute approximate surface area is 180 Å². The van der Waals surface area contributed by atoms with Gasteiger partial charge in [-0.3, -0.25) is 9.59 Å². The molecule has 0 fully saturated rings. The maximum Gasteiger partial charge on any atom is 0.372 e. The molecule has 0 aliphatic heterocycles. The van der Waals surface area contributed by atoms with Crippen LogP contribution in [0.2, 0.25) is 0 Å². The minimum Gasteiger partial charge on any atom is -0.461 e. The van der Waals surface area contributed by atoms with Crippen LogP contribution in [-0.2, 0) is 30.3 Å². The molecule has 9 nitrogen and oxygen atoms in total. The van der Waals surface area contributed by atoms with Crippen LogP contribution in [0, 0.1) is 12.5 Å². The third-order valence-corrected chi connectivity index (χ3v) is 4.83. The number of ether oxygens (including phenoxy) is 2. The van der Waals surface area contributed by atoms with Gasteiger partial charge in [0.2, 0.25) is 11.7 Å². The summed E-state index contributed by atoms with van der Waals surface area (Å²) in [5.41, 5.74) is 9.74. The minimum absolute atomic E-state index is 0.0326. The summed E-state index contributed by atoms with van der Waals surface area (Å²) in [4.78, 5) is 43.1. The lowest BCUT2D eigenvalue weighted by molar-refractivity contribution is -0.152. The van der Waals surface area contributed by atoms with Crippen molar-refractivity contribution >= 4 is 34.8 Å². The van der Waals surface area contributed by atoms with E-state index in [2.05, 4.69) is 15.1 Å². The first-order chi connectivity index (χ1) is 14.8. The van der Waals surface area contributed by atoms with Gasteiger partial charge in [-0.05, 0) is 38.3 Å². The molecule has 0 aliphatic rings. The molecule has 0 saturated heterocycles. The predicted molar refractivity (Wildman–Crippen MR) is 114 cm³/mol. The SMILES string of the molecule is CO[C@@H](Cc1c[nH]c2c(C)cccc12)C(=O)N[C@@H](CCC(=O)C=[N+]=N)C(=O)OC(C)C. The van der Waals surface area contributed by atoms with E-state index < -0.39 is 29.8 Å². The zero-order chi connectivity index (χ0) is 23.0. The Bertz CT molecular complexity index is 991. The number of esters is 1. The number of nitrogens with zero attached hydrogens (tertiary/aromatic N) is 1. The Kier molecular flexibility index (Phi) is 8.66. The van der Waals surface area contributed by atoms with Crippen LogP contribution in [-0.4, -0.2) is 59.0 Å². The maximum absolute atomic E-state index is 12.9. The van der Waals surface area contributed by atoms with E-state index in [1.54, 1.807) is 13.8 Å². The summed E-state index contributed by atoms with van der Waals surface area (Å²) in [7, 11) is 1.43. The Balaban J connectivity index is 2.14. The molecule has 0 radical (unpaired) electrons. The largest absolute Gasteiger partial charge is 0.461 e. The number of Topliss-reactive ketones (excluding diaryl/α,β-unsaturated/α-hetero) is 1. The zero-order valence-corrected chi connectivity index (χ0v) is 18.2. The summed E-state index contributed by atoms with van der Waals surface area (Å²) in [6.45, 7) is 5.40. The number of hydrogen-bond acceptors (Lipinski definition) is 6. The van der Waals surface area contributed by atoms with Gasteiger partial charge in [0.15, 0.2) is 0 Å². The molecular formula is C22H29N4O5+. The Morgan fingerprint density at radius 3 is 2.68 bits per heavy atom. The summed E-state index contributed by atoms with van der Waals surface area (Å²) in [6, 6.07) is 4.91. The van der Waals surface area contributed by atoms with Crippen LogP contribution in [0.5, 0.6) is 0 Å². The number of benzene rings is 1. The van der Waals surface area contributed by atoms with E-state index in [-0.39, 0.29) is 18.9 Å². The molecular weight excluding hydrogens is 400 g/mol. The highest BCUT2D eigenvalue weighted by molar-refractivity contribution is 6.25. The van der Waals surface area contributed by atoms with Crippen LogP contribution in [0.4, 0.5) is 0 Å². The number of methoxy groups -OCH3 is 1. The van der Waals surface area contributed by atoms with E-state index >= 15 is 0 Å². The van der Waals surface area contributed by atoms with Crippen LogP contribution in [0.25, 0.3) is 10.9 Å². The maximum atomic E-state index is 12.9. The summed E-state index contributed by atoms with van der Waals surface area (Å²) < 4.78 is 10.6. The fraction of sp³-hybridized carbons (Fsp3) is 0.455. The molecule has 3 N–H and O–H groups in total. The van der Waals surface area contributed by atoms with Gasteiger partial charge >= 0.3 is 12.2 Å². The van der Waals surface area contributed by atoms with E-state index in [0.29, 0.717) is 6.42 Å². The molecule has 0 spiro atoms. The number of amides is 1. The van der Waals surface area contributed by atoms with E-state index in [4.69, 9.17) is 15.0 Å². The molecule has 9 heteroatoms. The van der Waals surface area contributed by atoms with Crippen LogP contribution in [0.15, 0.2) is 24.4 Å². The molecule has 0 aliphatic carbocycles. The molecule has 31 heavy (non-hydrogen) atoms. The fourth-order valence-electron chi connectivity index (χ4n) is 3.27. The number of H-pyrrole nitrogens is 1. The lowest BCUT2D eigenvalue weighted by Crippen LogP contribution is -2.48. The number of nitrogens with one attached hydrogen (secondary N) is 3. The van der Waals surface area contributed by atoms with Crippen molar-refractivity contribution in [1.82, 2.24) is 10.3 Å². The Morgan fingerprint density at radius 2 is 2.03 bits per heavy atom. The normalized spacial score (nSPS) is 12.8. The third kappa shape index (κ3) is 6.60. The molecule has 2 rings (SSSR count). The second-order valence-corrected chi connectivity index (χ2v) is 7.55. The molecule has 1 amide bonds. The molecule has 1 aromatic carbocycles. The van der Waals surface area contributed by atoms with E-state index in [1.807, 2.05) is 31.3 Å². The molecule has 2 aromatic rings. The van der Waals surface area contributed by atoms with Crippen molar-refractivity contribution in [2.75, 3.05) is 7.11 Å². The van der Waals surface area contributed by atoms with Gasteiger partial charge < -0.3 is 19.8 Å². The second-order valence-electron chi connectivity index (χ2n) is 7.55. The standard InChI is InChI=1S/C22H28N4O5/c1-13(2)31-22(29)18(9-8-16(27)12-25-23)26-21(28)19(30-4)10-15-11-24-20-14(3)6-5-7-17(15)20/h5-7,11-13,18-19,23-24H,8-10H2,1-4H3/p+1/t18-,19-/m0/s1. The molecule has 2 atom stereocenters. The van der Waals surface area contributed by atoms with Gasteiger partial charge in [-0.2, -0.15) is 0 Å². The average molecular weight is 429 g/mol. The first-order valence-corrected chi connectivity index (χ1v) is 10.1. The monoisotopic (exact) mass is 429 g/mol. The number of rotatable bonds is 11. The number of carbonyl (C=O) groups is 3. The molecule has 1 aromatic heterocycles. The lowest BCUT2D eigenvalue weighted by atomic mass is 10.0. The smallest absolute Gasteiger partial charge is 0.372 e. The van der Waals surface area contributed by atoms with E-state index in [1.165, 1.54) is 7.11 Å². The minimum atomic E-state index is -1.01. The number of para-hydroxylation sites is 1. The number of aryl methyl sites for hydroxylation is 1. The van der Waals surface area contributed by atoms with Crippen molar-refractivity contribution in [1.29, 1.82) is 5.53 Å². The molecule has 166 valence electrons. The van der Waals surface area contributed by atoms with Crippen molar-refractivity contribution in [2.45, 2.75) is 58.3 Å². The second kappa shape index (κ2) is 11.2. The van der Waals surface area contributed by atoms with Gasteiger partial charge in [0.25, 0.3) is 0 Å². The van der Waals surface area contributed by atoms with Crippen LogP contribution < -0.4 is 5.32 Å². The lowest BCUT2D eigenvalue weighted by Gasteiger charge is -2.21. The summed E-state index contributed by atoms with van der Waals surface area (Å²) in [5, 5.41) is 3.66. The molecule has 0 unspecified atom stereocenters. The molecule has 1 heterocycles. The van der Waals surface area contributed by atoms with Crippen LogP contribution >= 0.6 is 0 Å². The Hall–Kier alpha value is -3.29. The highest BCUT2D eigenvalue weighted by Crippen LogP contribution is 2.23. The third-order valence-electron chi connectivity index (χ3n) is 4.83. The van der Waals surface area contributed by atoms with Crippen molar-refractivity contribution < 1.29 is 28.6 Å². The molecule has 0 bridgehead atoms. The predicted octanol–water partition coefficient (Wildman–Crippen LogP) is 2.13. The number of carbonyl (C=O) groups excluding carboxylic acids is 3. The number of aromatic amines is 1. The Morgan fingerprint density at radius 1 is 1.29 bits per heavy atom. The fourth-order valence-corrected chi connectivity index (χ4v) is 3.27. The number of ketones is 1. The van der Waals surface area contributed by atoms with Crippen molar-refractivity contribution in [3.63, 3.8) is 0 Å². The van der Waals surface area contributed by atoms with Gasteiger partial charge in [-0.25, -0.2) is 4.79 Å². The van der Waals surface area contributed by atoms with E-state index in [9.17, 15) is 14.4 Å². The van der Waals surface area contributed by atoms with Gasteiger partial charge in [-0.1, -0.05) is 18.2 Å². The van der Waals surface area contributed by atoms with E-state index in [0.717, 1.165) is 28.2 Å². The van der Waals surface area contributed by atoms with Gasteiger partial charge in [0.05, 0.1) is 16.4 Å². The highest BCUT2D eigenvalue weighted by atomic mass is 16.5. The first kappa shape index (κ1) is 24.0.